The number of aromatic nitrogens is 2. The number of rotatable bonds is 5. The van der Waals surface area contributed by atoms with Gasteiger partial charge in [-0.15, -0.1) is 0 Å². The van der Waals surface area contributed by atoms with Crippen LogP contribution >= 0.6 is 0 Å². The van der Waals surface area contributed by atoms with Gasteiger partial charge in [-0.1, -0.05) is 42.5 Å². The van der Waals surface area contributed by atoms with Crippen molar-refractivity contribution in [1.29, 1.82) is 5.26 Å². The van der Waals surface area contributed by atoms with Gasteiger partial charge in [-0.3, -0.25) is 0 Å². The van der Waals surface area contributed by atoms with E-state index in [1.807, 2.05) is 12.1 Å². The quantitative estimate of drug-likeness (QED) is 0.581. The van der Waals surface area contributed by atoms with Crippen molar-refractivity contribution in [1.82, 2.24) is 9.97 Å². The third-order valence-electron chi connectivity index (χ3n) is 4.20. The molecule has 0 fully saturated rings. The van der Waals surface area contributed by atoms with Crippen LogP contribution in [0.2, 0.25) is 0 Å². The van der Waals surface area contributed by atoms with Crippen molar-refractivity contribution >= 4 is 16.7 Å². The standard InChI is InChI=1S/C21H16N4O2/c22-13-17-19(18-6-3-10-26-18)24-21(23)25-20(17)27-11-9-14-7-8-15-4-1-2-5-16(15)12-14/h1-8,10,12H,9,11H2,(H2,23,24,25). The summed E-state index contributed by atoms with van der Waals surface area (Å²) in [5.74, 6) is 0.637. The number of nitriles is 1. The van der Waals surface area contributed by atoms with Gasteiger partial charge in [0.05, 0.1) is 12.9 Å². The van der Waals surface area contributed by atoms with Gasteiger partial charge in [0.1, 0.15) is 17.3 Å². The molecule has 0 aliphatic rings. The van der Waals surface area contributed by atoms with E-state index in [1.54, 1.807) is 12.1 Å². The van der Waals surface area contributed by atoms with Crippen LogP contribution in [-0.2, 0) is 6.42 Å². The number of ether oxygens (including phenoxy) is 1. The molecule has 6 heteroatoms. The minimum Gasteiger partial charge on any atom is -0.476 e. The van der Waals surface area contributed by atoms with E-state index in [0.29, 0.717) is 24.5 Å². The fourth-order valence-corrected chi connectivity index (χ4v) is 2.91. The van der Waals surface area contributed by atoms with E-state index >= 15 is 0 Å². The molecule has 0 amide bonds. The predicted octanol–water partition coefficient (Wildman–Crippen LogP) is 3.97. The predicted molar refractivity (Wildman–Crippen MR) is 102 cm³/mol. The Morgan fingerprint density at radius 2 is 1.89 bits per heavy atom. The lowest BCUT2D eigenvalue weighted by Gasteiger charge is -2.10. The Morgan fingerprint density at radius 1 is 1.04 bits per heavy atom. The number of benzene rings is 2. The zero-order chi connectivity index (χ0) is 18.6. The second-order valence-electron chi connectivity index (χ2n) is 5.98. The summed E-state index contributed by atoms with van der Waals surface area (Å²) >= 11 is 0. The Labute approximate surface area is 155 Å². The average Bonchev–Trinajstić information content (AvgIpc) is 3.22. The molecule has 4 rings (SSSR count). The minimum absolute atomic E-state index is 0.0288. The van der Waals surface area contributed by atoms with Crippen LogP contribution in [0.1, 0.15) is 11.1 Å². The van der Waals surface area contributed by atoms with Gasteiger partial charge < -0.3 is 14.9 Å². The monoisotopic (exact) mass is 356 g/mol. The van der Waals surface area contributed by atoms with E-state index in [9.17, 15) is 5.26 Å². The van der Waals surface area contributed by atoms with E-state index in [-0.39, 0.29) is 17.4 Å². The largest absolute Gasteiger partial charge is 0.476 e. The zero-order valence-corrected chi connectivity index (χ0v) is 14.4. The van der Waals surface area contributed by atoms with Crippen molar-refractivity contribution in [3.05, 3.63) is 72.0 Å². The fourth-order valence-electron chi connectivity index (χ4n) is 2.91. The van der Waals surface area contributed by atoms with Gasteiger partial charge >= 0.3 is 0 Å². The highest BCUT2D eigenvalue weighted by Gasteiger charge is 2.18. The Morgan fingerprint density at radius 3 is 2.67 bits per heavy atom. The molecule has 0 bridgehead atoms. The summed E-state index contributed by atoms with van der Waals surface area (Å²) in [7, 11) is 0. The molecule has 0 saturated carbocycles. The molecule has 0 unspecified atom stereocenters. The molecule has 27 heavy (non-hydrogen) atoms. The van der Waals surface area contributed by atoms with E-state index < -0.39 is 0 Å². The summed E-state index contributed by atoms with van der Waals surface area (Å²) in [5.41, 5.74) is 7.46. The van der Waals surface area contributed by atoms with Crippen LogP contribution in [0.25, 0.3) is 22.2 Å². The molecule has 2 aromatic heterocycles. The molecule has 0 spiro atoms. The molecule has 6 nitrogen and oxygen atoms in total. The first-order chi connectivity index (χ1) is 13.2. The number of anilines is 1. The van der Waals surface area contributed by atoms with Crippen LogP contribution in [0, 0.1) is 11.3 Å². The molecule has 0 atom stereocenters. The normalized spacial score (nSPS) is 10.6. The molecular weight excluding hydrogens is 340 g/mol. The van der Waals surface area contributed by atoms with Crippen LogP contribution in [0.5, 0.6) is 5.88 Å². The molecule has 4 aromatic rings. The van der Waals surface area contributed by atoms with Gasteiger partial charge in [0.15, 0.2) is 5.76 Å². The van der Waals surface area contributed by atoms with E-state index in [2.05, 4.69) is 46.4 Å². The van der Waals surface area contributed by atoms with Gasteiger partial charge in [-0.2, -0.15) is 10.2 Å². The number of nitrogens with zero attached hydrogens (tertiary/aromatic N) is 3. The zero-order valence-electron chi connectivity index (χ0n) is 14.4. The number of hydrogen-bond donors (Lipinski definition) is 1. The summed E-state index contributed by atoms with van der Waals surface area (Å²) in [5, 5.41) is 11.9. The highest BCUT2D eigenvalue weighted by Crippen LogP contribution is 2.28. The topological polar surface area (TPSA) is 98.0 Å². The van der Waals surface area contributed by atoms with Crippen molar-refractivity contribution in [2.75, 3.05) is 12.3 Å². The van der Waals surface area contributed by atoms with Crippen LogP contribution in [0.4, 0.5) is 5.95 Å². The maximum atomic E-state index is 9.53. The second kappa shape index (κ2) is 7.18. The number of nitrogens with two attached hydrogens (primary N) is 1. The van der Waals surface area contributed by atoms with Crippen molar-refractivity contribution in [3.8, 4) is 23.4 Å². The minimum atomic E-state index is 0.0288. The van der Waals surface area contributed by atoms with Gasteiger partial charge in [-0.05, 0) is 28.5 Å². The molecule has 2 N–H and O–H groups in total. The maximum absolute atomic E-state index is 9.53. The second-order valence-corrected chi connectivity index (χ2v) is 5.98. The van der Waals surface area contributed by atoms with Gasteiger partial charge in [0.25, 0.3) is 0 Å². The molecule has 132 valence electrons. The molecule has 2 heterocycles. The lowest BCUT2D eigenvalue weighted by atomic mass is 10.1. The molecule has 0 saturated heterocycles. The molecule has 0 aliphatic carbocycles. The van der Waals surface area contributed by atoms with Crippen molar-refractivity contribution in [2.45, 2.75) is 6.42 Å². The fraction of sp³-hybridized carbons (Fsp3) is 0.0952. The Balaban J connectivity index is 1.54. The number of hydrogen-bond acceptors (Lipinski definition) is 6. The highest BCUT2D eigenvalue weighted by atomic mass is 16.5. The number of nitrogen functional groups attached to an aromatic ring is 1. The van der Waals surface area contributed by atoms with Gasteiger partial charge in [-0.25, -0.2) is 4.98 Å². The number of furan rings is 1. The van der Waals surface area contributed by atoms with Crippen molar-refractivity contribution < 1.29 is 9.15 Å². The third kappa shape index (κ3) is 3.44. The Kier molecular flexibility index (Phi) is 4.42. The van der Waals surface area contributed by atoms with E-state index in [1.165, 1.54) is 17.0 Å². The maximum Gasteiger partial charge on any atom is 0.237 e. The first kappa shape index (κ1) is 16.6. The average molecular weight is 356 g/mol. The van der Waals surface area contributed by atoms with Gasteiger partial charge in [0.2, 0.25) is 11.8 Å². The molecule has 0 radical (unpaired) electrons. The van der Waals surface area contributed by atoms with Gasteiger partial charge in [0, 0.05) is 6.42 Å². The lowest BCUT2D eigenvalue weighted by molar-refractivity contribution is 0.308. The van der Waals surface area contributed by atoms with Crippen LogP contribution in [0.15, 0.2) is 65.3 Å². The van der Waals surface area contributed by atoms with Crippen LogP contribution in [0.3, 0.4) is 0 Å². The van der Waals surface area contributed by atoms with Crippen molar-refractivity contribution in [2.24, 2.45) is 0 Å². The third-order valence-corrected chi connectivity index (χ3v) is 4.20. The molecule has 0 aliphatic heterocycles. The van der Waals surface area contributed by atoms with Crippen LogP contribution < -0.4 is 10.5 Å². The van der Waals surface area contributed by atoms with Crippen molar-refractivity contribution in [3.63, 3.8) is 0 Å². The first-order valence-electron chi connectivity index (χ1n) is 8.46. The summed E-state index contributed by atoms with van der Waals surface area (Å²) in [6.45, 7) is 0.362. The molecule has 2 aromatic carbocycles. The summed E-state index contributed by atoms with van der Waals surface area (Å²) < 4.78 is 11.1. The first-order valence-corrected chi connectivity index (χ1v) is 8.46. The Hall–Kier alpha value is -3.85. The van der Waals surface area contributed by atoms with E-state index in [0.717, 1.165) is 5.56 Å². The van der Waals surface area contributed by atoms with E-state index in [4.69, 9.17) is 14.9 Å². The lowest BCUT2D eigenvalue weighted by Crippen LogP contribution is -2.08. The summed E-state index contributed by atoms with van der Waals surface area (Å²) in [6, 6.07) is 20.0. The highest BCUT2D eigenvalue weighted by molar-refractivity contribution is 5.83. The smallest absolute Gasteiger partial charge is 0.237 e. The molecular formula is C21H16N4O2. The summed E-state index contributed by atoms with van der Waals surface area (Å²) in [6.07, 6.45) is 2.19. The SMILES string of the molecule is N#Cc1c(OCCc2ccc3ccccc3c2)nc(N)nc1-c1ccco1. The number of fused-ring (bicyclic) bond motifs is 1. The Bertz CT molecular complexity index is 1130. The summed E-state index contributed by atoms with van der Waals surface area (Å²) in [4.78, 5) is 8.19. The van der Waals surface area contributed by atoms with Crippen LogP contribution in [-0.4, -0.2) is 16.6 Å².